The highest BCUT2D eigenvalue weighted by Crippen LogP contribution is 2.43. The zero-order chi connectivity index (χ0) is 14.7. The molecule has 1 aromatic carbocycles. The van der Waals surface area contributed by atoms with Crippen molar-refractivity contribution in [3.8, 4) is 5.75 Å². The minimum atomic E-state index is -1.81. The van der Waals surface area contributed by atoms with Gasteiger partial charge in [-0.15, -0.1) is 0 Å². The molecule has 0 saturated heterocycles. The molecule has 0 amide bonds. The molecule has 5 nitrogen and oxygen atoms in total. The number of carbonyl (C=O) groups is 1. The Hall–Kier alpha value is -1.43. The Morgan fingerprint density at radius 3 is 2.65 bits per heavy atom. The molecule has 0 radical (unpaired) electrons. The molecule has 3 rings (SSSR count). The van der Waals surface area contributed by atoms with Crippen molar-refractivity contribution in [3.63, 3.8) is 0 Å². The van der Waals surface area contributed by atoms with Gasteiger partial charge in [-0.3, -0.25) is 4.79 Å². The Balaban J connectivity index is 2.08. The van der Waals surface area contributed by atoms with Crippen LogP contribution in [0.15, 0.2) is 12.1 Å². The van der Waals surface area contributed by atoms with E-state index in [9.17, 15) is 15.0 Å². The molecule has 2 heterocycles. The van der Waals surface area contributed by atoms with E-state index in [-0.39, 0.29) is 12.5 Å². The summed E-state index contributed by atoms with van der Waals surface area (Å²) in [6, 6.07) is 3.44. The Morgan fingerprint density at radius 2 is 2.00 bits per heavy atom. The van der Waals surface area contributed by atoms with E-state index in [0.29, 0.717) is 17.7 Å². The van der Waals surface area contributed by atoms with Gasteiger partial charge in [0.05, 0.1) is 12.2 Å². The van der Waals surface area contributed by atoms with Crippen molar-refractivity contribution in [2.75, 3.05) is 0 Å². The third-order valence-electron chi connectivity index (χ3n) is 4.01. The number of hydrogen-bond acceptors (Lipinski definition) is 5. The highest BCUT2D eigenvalue weighted by molar-refractivity contribution is 6.07. The molecule has 2 aliphatic rings. The van der Waals surface area contributed by atoms with E-state index in [1.807, 2.05) is 0 Å². The minimum absolute atomic E-state index is 0.160. The predicted molar refractivity (Wildman–Crippen MR) is 70.3 cm³/mol. The molecular weight excluding hydrogens is 260 g/mol. The lowest BCUT2D eigenvalue weighted by Gasteiger charge is -2.31. The number of aliphatic hydroxyl groups is 2. The standard InChI is InChI=1S/C15H18O5/c1-8(2)15(18)13(16)10-5-4-9-6-14(3,17)19-7-11(9)12(10)20-15/h4-5,8,17-18H,6-7H2,1-3H3. The molecule has 2 unspecified atom stereocenters. The zero-order valence-electron chi connectivity index (χ0n) is 11.8. The van der Waals surface area contributed by atoms with Crippen molar-refractivity contribution in [2.45, 2.75) is 45.4 Å². The van der Waals surface area contributed by atoms with Gasteiger partial charge in [0.2, 0.25) is 5.78 Å². The first-order valence-corrected chi connectivity index (χ1v) is 6.72. The van der Waals surface area contributed by atoms with Crippen molar-refractivity contribution < 1.29 is 24.5 Å². The van der Waals surface area contributed by atoms with Gasteiger partial charge in [0.1, 0.15) is 5.75 Å². The topological polar surface area (TPSA) is 76.0 Å². The summed E-state index contributed by atoms with van der Waals surface area (Å²) in [7, 11) is 0. The highest BCUT2D eigenvalue weighted by atomic mass is 16.6. The van der Waals surface area contributed by atoms with Crippen LogP contribution in [0.3, 0.4) is 0 Å². The van der Waals surface area contributed by atoms with E-state index in [2.05, 4.69) is 0 Å². The fraction of sp³-hybridized carbons (Fsp3) is 0.533. The molecule has 5 heteroatoms. The largest absolute Gasteiger partial charge is 0.453 e. The quantitative estimate of drug-likeness (QED) is 0.812. The maximum absolute atomic E-state index is 12.3. The summed E-state index contributed by atoms with van der Waals surface area (Å²) in [6.45, 7) is 5.22. The van der Waals surface area contributed by atoms with E-state index in [4.69, 9.17) is 9.47 Å². The molecule has 20 heavy (non-hydrogen) atoms. The van der Waals surface area contributed by atoms with Crippen LogP contribution in [0.25, 0.3) is 0 Å². The second-order valence-electron chi connectivity index (χ2n) is 6.00. The van der Waals surface area contributed by atoms with Crippen molar-refractivity contribution in [1.29, 1.82) is 0 Å². The maximum Gasteiger partial charge on any atom is 0.275 e. The Labute approximate surface area is 117 Å². The first-order valence-electron chi connectivity index (χ1n) is 6.72. The van der Waals surface area contributed by atoms with Crippen molar-refractivity contribution in [2.24, 2.45) is 5.92 Å². The number of ether oxygens (including phenoxy) is 2. The summed E-state index contributed by atoms with van der Waals surface area (Å²) in [5.74, 6) is -3.40. The van der Waals surface area contributed by atoms with Gasteiger partial charge in [0.25, 0.3) is 5.79 Å². The lowest BCUT2D eigenvalue weighted by atomic mass is 9.92. The molecule has 0 aromatic heterocycles. The van der Waals surface area contributed by atoms with Crippen LogP contribution < -0.4 is 4.74 Å². The summed E-state index contributed by atoms with van der Waals surface area (Å²) in [4.78, 5) is 12.3. The van der Waals surface area contributed by atoms with Gasteiger partial charge in [0, 0.05) is 17.9 Å². The predicted octanol–water partition coefficient (Wildman–Crippen LogP) is 1.39. The molecule has 0 spiro atoms. The second-order valence-corrected chi connectivity index (χ2v) is 6.00. The number of carbonyl (C=O) groups excluding carboxylic acids is 1. The van der Waals surface area contributed by atoms with Gasteiger partial charge in [-0.2, -0.15) is 0 Å². The van der Waals surface area contributed by atoms with Crippen LogP contribution >= 0.6 is 0 Å². The molecule has 0 fully saturated rings. The average Bonchev–Trinajstić information content (AvgIpc) is 2.62. The Kier molecular flexibility index (Phi) is 2.73. The van der Waals surface area contributed by atoms with Crippen LogP contribution in [0, 0.1) is 5.92 Å². The van der Waals surface area contributed by atoms with Crippen LogP contribution in [0.5, 0.6) is 5.75 Å². The smallest absolute Gasteiger partial charge is 0.275 e. The first kappa shape index (κ1) is 13.5. The van der Waals surface area contributed by atoms with Gasteiger partial charge in [0.15, 0.2) is 5.79 Å². The molecule has 2 aliphatic heterocycles. The number of hydrogen-bond donors (Lipinski definition) is 2. The average molecular weight is 278 g/mol. The first-order chi connectivity index (χ1) is 9.24. The normalized spacial score (nSPS) is 32.0. The number of Topliss-reactive ketones (excluding diaryl/α,β-unsaturated/α-hetero) is 1. The van der Waals surface area contributed by atoms with Gasteiger partial charge < -0.3 is 19.7 Å². The van der Waals surface area contributed by atoms with E-state index >= 15 is 0 Å². The Morgan fingerprint density at radius 1 is 1.30 bits per heavy atom. The van der Waals surface area contributed by atoms with Crippen molar-refractivity contribution in [3.05, 3.63) is 28.8 Å². The van der Waals surface area contributed by atoms with Gasteiger partial charge >= 0.3 is 0 Å². The third-order valence-corrected chi connectivity index (χ3v) is 4.01. The maximum atomic E-state index is 12.3. The number of fused-ring (bicyclic) bond motifs is 3. The van der Waals surface area contributed by atoms with Crippen LogP contribution in [-0.4, -0.2) is 27.6 Å². The zero-order valence-corrected chi connectivity index (χ0v) is 11.8. The fourth-order valence-corrected chi connectivity index (χ4v) is 2.69. The van der Waals surface area contributed by atoms with Gasteiger partial charge in [-0.05, 0) is 18.6 Å². The number of rotatable bonds is 1. The highest BCUT2D eigenvalue weighted by Gasteiger charge is 2.50. The number of benzene rings is 1. The summed E-state index contributed by atoms with van der Waals surface area (Å²) < 4.78 is 10.9. The third kappa shape index (κ3) is 1.78. The lowest BCUT2D eigenvalue weighted by molar-refractivity contribution is -0.204. The second kappa shape index (κ2) is 4.04. The Bertz CT molecular complexity index is 590. The van der Waals surface area contributed by atoms with E-state index in [1.54, 1.807) is 32.9 Å². The molecular formula is C15H18O5. The molecule has 2 N–H and O–H groups in total. The van der Waals surface area contributed by atoms with Crippen LogP contribution in [0.4, 0.5) is 0 Å². The molecule has 1 aromatic rings. The monoisotopic (exact) mass is 278 g/mol. The molecule has 0 aliphatic carbocycles. The van der Waals surface area contributed by atoms with E-state index in [0.717, 1.165) is 11.1 Å². The van der Waals surface area contributed by atoms with Gasteiger partial charge in [-0.25, -0.2) is 0 Å². The molecule has 108 valence electrons. The summed E-state index contributed by atoms with van der Waals surface area (Å²) in [5, 5.41) is 20.3. The summed E-state index contributed by atoms with van der Waals surface area (Å²) in [6.07, 6.45) is 0.327. The SMILES string of the molecule is CC(C)C1(O)Oc2c(ccc3c2COC(C)(O)C3)C1=O. The molecule has 0 saturated carbocycles. The van der Waals surface area contributed by atoms with Crippen LogP contribution in [0.1, 0.15) is 42.3 Å². The van der Waals surface area contributed by atoms with E-state index in [1.165, 1.54) is 0 Å². The molecule has 0 bridgehead atoms. The minimum Gasteiger partial charge on any atom is -0.453 e. The lowest BCUT2D eigenvalue weighted by Crippen LogP contribution is -2.45. The van der Waals surface area contributed by atoms with Crippen LogP contribution in [0.2, 0.25) is 0 Å². The van der Waals surface area contributed by atoms with Crippen LogP contribution in [-0.2, 0) is 17.8 Å². The number of ketones is 1. The van der Waals surface area contributed by atoms with Crippen molar-refractivity contribution in [1.82, 2.24) is 0 Å². The summed E-state index contributed by atoms with van der Waals surface area (Å²) in [5.41, 5.74) is 1.99. The summed E-state index contributed by atoms with van der Waals surface area (Å²) >= 11 is 0. The fourth-order valence-electron chi connectivity index (χ4n) is 2.69. The van der Waals surface area contributed by atoms with Crippen molar-refractivity contribution >= 4 is 5.78 Å². The molecule has 2 atom stereocenters. The van der Waals surface area contributed by atoms with Gasteiger partial charge in [-0.1, -0.05) is 19.9 Å². The van der Waals surface area contributed by atoms with E-state index < -0.39 is 17.4 Å².